The van der Waals surface area contributed by atoms with Crippen LogP contribution in [0.2, 0.25) is 0 Å². The smallest absolute Gasteiger partial charge is 0.136 e. The maximum atomic E-state index is 5.52. The molecule has 0 spiro atoms. The summed E-state index contributed by atoms with van der Waals surface area (Å²) < 4.78 is 0. The van der Waals surface area contributed by atoms with Crippen LogP contribution in [0.4, 0.5) is 11.5 Å². The fraction of sp³-hybridized carbons (Fsp3) is 0.286. The second-order valence-electron chi connectivity index (χ2n) is 4.27. The summed E-state index contributed by atoms with van der Waals surface area (Å²) in [5.74, 6) is 1.67. The van der Waals surface area contributed by atoms with E-state index in [1.807, 2.05) is 19.2 Å². The van der Waals surface area contributed by atoms with Crippen molar-refractivity contribution in [2.75, 3.05) is 18.5 Å². The molecule has 2 N–H and O–H groups in total. The van der Waals surface area contributed by atoms with Crippen LogP contribution in [0.3, 0.4) is 0 Å². The highest BCUT2D eigenvalue weighted by atomic mass is 15.2. The number of nitrogens with zero attached hydrogens (tertiary/aromatic N) is 3. The number of hydrogen-bond acceptors (Lipinski definition) is 4. The molecule has 0 radical (unpaired) electrons. The van der Waals surface area contributed by atoms with Gasteiger partial charge < -0.3 is 10.6 Å². The lowest BCUT2D eigenvalue weighted by Crippen LogP contribution is -2.14. The molecule has 0 fully saturated rings. The molecule has 2 aromatic rings. The number of benzene rings is 1. The average Bonchev–Trinajstić information content (AvgIpc) is 2.39. The highest BCUT2D eigenvalue weighted by Crippen LogP contribution is 2.21. The molecule has 1 aromatic carbocycles. The molecule has 0 aliphatic heterocycles. The van der Waals surface area contributed by atoms with Crippen LogP contribution in [0.5, 0.6) is 0 Å². The van der Waals surface area contributed by atoms with Gasteiger partial charge in [-0.2, -0.15) is 0 Å². The van der Waals surface area contributed by atoms with Crippen molar-refractivity contribution in [3.63, 3.8) is 0 Å². The summed E-state index contributed by atoms with van der Waals surface area (Å²) in [6, 6.07) is 10.2. The van der Waals surface area contributed by atoms with Gasteiger partial charge in [-0.3, -0.25) is 0 Å². The summed E-state index contributed by atoms with van der Waals surface area (Å²) in [4.78, 5) is 10.8. The molecular weight excluding hydrogens is 224 g/mol. The summed E-state index contributed by atoms with van der Waals surface area (Å²) >= 11 is 0. The Hall–Kier alpha value is -1.94. The molecule has 0 saturated heterocycles. The molecular formula is C14H18N4. The van der Waals surface area contributed by atoms with Gasteiger partial charge in [0.05, 0.1) is 0 Å². The zero-order valence-electron chi connectivity index (χ0n) is 10.8. The van der Waals surface area contributed by atoms with Crippen LogP contribution >= 0.6 is 0 Å². The first-order chi connectivity index (χ1) is 8.70. The molecule has 4 heteroatoms. The van der Waals surface area contributed by atoms with E-state index in [4.69, 9.17) is 5.73 Å². The van der Waals surface area contributed by atoms with Gasteiger partial charge in [0.25, 0.3) is 0 Å². The van der Waals surface area contributed by atoms with Crippen LogP contribution < -0.4 is 10.6 Å². The third-order valence-electron chi connectivity index (χ3n) is 2.79. The lowest BCUT2D eigenvalue weighted by Gasteiger charge is -2.19. The number of aryl methyl sites for hydroxylation is 1. The molecule has 1 aromatic heterocycles. The Morgan fingerprint density at radius 1 is 1.28 bits per heavy atom. The van der Waals surface area contributed by atoms with E-state index in [2.05, 4.69) is 40.0 Å². The number of hydrogen-bond donors (Lipinski definition) is 1. The van der Waals surface area contributed by atoms with Gasteiger partial charge in [0.2, 0.25) is 0 Å². The Balaban J connectivity index is 2.27. The highest BCUT2D eigenvalue weighted by Gasteiger charge is 2.06. The quantitative estimate of drug-likeness (QED) is 0.891. The summed E-state index contributed by atoms with van der Waals surface area (Å²) in [5, 5.41) is 0. The molecule has 0 amide bonds. The average molecular weight is 242 g/mol. The van der Waals surface area contributed by atoms with Gasteiger partial charge in [0.1, 0.15) is 11.6 Å². The summed E-state index contributed by atoms with van der Waals surface area (Å²) in [6.07, 6.45) is 2.48. The van der Waals surface area contributed by atoms with Crippen molar-refractivity contribution in [1.29, 1.82) is 0 Å². The lowest BCUT2D eigenvalue weighted by molar-refractivity contribution is 0.862. The van der Waals surface area contributed by atoms with Crippen LogP contribution in [-0.2, 0) is 6.42 Å². The summed E-state index contributed by atoms with van der Waals surface area (Å²) in [5.41, 5.74) is 7.87. The number of rotatable bonds is 4. The minimum absolute atomic E-state index is 0.567. The van der Waals surface area contributed by atoms with Crippen molar-refractivity contribution in [3.05, 3.63) is 47.9 Å². The van der Waals surface area contributed by atoms with Gasteiger partial charge in [-0.25, -0.2) is 9.97 Å². The minimum atomic E-state index is 0.567. The van der Waals surface area contributed by atoms with E-state index in [9.17, 15) is 0 Å². The first-order valence-electron chi connectivity index (χ1n) is 6.03. The normalized spacial score (nSPS) is 10.4. The standard InChI is InChI=1S/C14H18N4/c1-11-4-3-5-12(10-11)18(2)14-7-9-16-13(17-14)6-8-15/h3-5,7,9-10H,6,8,15H2,1-2H3. The van der Waals surface area contributed by atoms with E-state index in [0.29, 0.717) is 13.0 Å². The Labute approximate surface area is 107 Å². The van der Waals surface area contributed by atoms with E-state index < -0.39 is 0 Å². The van der Waals surface area contributed by atoms with Crippen LogP contribution in [-0.4, -0.2) is 23.6 Å². The molecule has 0 saturated carbocycles. The van der Waals surface area contributed by atoms with Crippen molar-refractivity contribution in [1.82, 2.24) is 9.97 Å². The Morgan fingerprint density at radius 2 is 2.11 bits per heavy atom. The lowest BCUT2D eigenvalue weighted by atomic mass is 10.2. The second-order valence-corrected chi connectivity index (χ2v) is 4.27. The molecule has 0 unspecified atom stereocenters. The third-order valence-corrected chi connectivity index (χ3v) is 2.79. The molecule has 94 valence electrons. The zero-order chi connectivity index (χ0) is 13.0. The SMILES string of the molecule is Cc1cccc(N(C)c2ccnc(CCN)n2)c1. The largest absolute Gasteiger partial charge is 0.330 e. The predicted molar refractivity (Wildman–Crippen MR) is 74.0 cm³/mol. The fourth-order valence-electron chi connectivity index (χ4n) is 1.79. The van der Waals surface area contributed by atoms with Crippen molar-refractivity contribution < 1.29 is 0 Å². The summed E-state index contributed by atoms with van der Waals surface area (Å²) in [7, 11) is 2.00. The van der Waals surface area contributed by atoms with E-state index in [1.54, 1.807) is 6.20 Å². The van der Waals surface area contributed by atoms with Crippen LogP contribution in [0, 0.1) is 6.92 Å². The van der Waals surface area contributed by atoms with E-state index in [1.165, 1.54) is 5.56 Å². The van der Waals surface area contributed by atoms with Crippen molar-refractivity contribution in [2.45, 2.75) is 13.3 Å². The molecule has 0 aliphatic rings. The van der Waals surface area contributed by atoms with Crippen molar-refractivity contribution >= 4 is 11.5 Å². The van der Waals surface area contributed by atoms with E-state index in [0.717, 1.165) is 17.3 Å². The van der Waals surface area contributed by atoms with Gasteiger partial charge in [-0.15, -0.1) is 0 Å². The van der Waals surface area contributed by atoms with Crippen molar-refractivity contribution in [2.24, 2.45) is 5.73 Å². The predicted octanol–water partition coefficient (Wildman–Crippen LogP) is 2.05. The monoisotopic (exact) mass is 242 g/mol. The van der Waals surface area contributed by atoms with Crippen LogP contribution in [0.1, 0.15) is 11.4 Å². The molecule has 4 nitrogen and oxygen atoms in total. The minimum Gasteiger partial charge on any atom is -0.330 e. The number of aromatic nitrogens is 2. The Bertz CT molecular complexity index is 525. The highest BCUT2D eigenvalue weighted by molar-refractivity contribution is 5.59. The first-order valence-corrected chi connectivity index (χ1v) is 6.03. The Kier molecular flexibility index (Phi) is 3.89. The maximum absolute atomic E-state index is 5.52. The van der Waals surface area contributed by atoms with Gasteiger partial charge in [-0.1, -0.05) is 12.1 Å². The third kappa shape index (κ3) is 2.84. The second kappa shape index (κ2) is 5.60. The van der Waals surface area contributed by atoms with Crippen LogP contribution in [0.25, 0.3) is 0 Å². The molecule has 2 rings (SSSR count). The van der Waals surface area contributed by atoms with Gasteiger partial charge in [0, 0.05) is 25.4 Å². The molecule has 0 bridgehead atoms. The van der Waals surface area contributed by atoms with Gasteiger partial charge in [-0.05, 0) is 37.2 Å². The molecule has 0 atom stereocenters. The number of anilines is 2. The van der Waals surface area contributed by atoms with Gasteiger partial charge >= 0.3 is 0 Å². The van der Waals surface area contributed by atoms with Crippen LogP contribution in [0.15, 0.2) is 36.5 Å². The number of nitrogens with two attached hydrogens (primary N) is 1. The zero-order valence-corrected chi connectivity index (χ0v) is 10.8. The molecule has 0 aliphatic carbocycles. The first kappa shape index (κ1) is 12.5. The van der Waals surface area contributed by atoms with Gasteiger partial charge in [0.15, 0.2) is 0 Å². The maximum Gasteiger partial charge on any atom is 0.136 e. The molecule has 18 heavy (non-hydrogen) atoms. The molecule has 1 heterocycles. The fourth-order valence-corrected chi connectivity index (χ4v) is 1.79. The topological polar surface area (TPSA) is 55.0 Å². The van der Waals surface area contributed by atoms with Crippen molar-refractivity contribution in [3.8, 4) is 0 Å². The summed E-state index contributed by atoms with van der Waals surface area (Å²) in [6.45, 7) is 2.65. The van der Waals surface area contributed by atoms with E-state index >= 15 is 0 Å². The van der Waals surface area contributed by atoms with E-state index in [-0.39, 0.29) is 0 Å². The Morgan fingerprint density at radius 3 is 2.83 bits per heavy atom.